The lowest BCUT2D eigenvalue weighted by atomic mass is 9.77. The van der Waals surface area contributed by atoms with E-state index in [4.69, 9.17) is 10.3 Å². The van der Waals surface area contributed by atoms with Crippen LogP contribution in [0.25, 0.3) is 12.2 Å². The molecule has 2 fully saturated rings. The van der Waals surface area contributed by atoms with Crippen molar-refractivity contribution in [1.29, 1.82) is 0 Å². The number of carbonyl (C=O) groups excluding carboxylic acids is 1. The van der Waals surface area contributed by atoms with Crippen LogP contribution in [-0.4, -0.2) is 22.1 Å². The van der Waals surface area contributed by atoms with Gasteiger partial charge in [0.1, 0.15) is 0 Å². The highest BCUT2D eigenvalue weighted by atomic mass is 35.5. The molecule has 1 amide bonds. The number of aromatic nitrogens is 2. The van der Waals surface area contributed by atoms with Crippen molar-refractivity contribution in [3.8, 4) is 0 Å². The van der Waals surface area contributed by atoms with Gasteiger partial charge in [0.2, 0.25) is 0 Å². The van der Waals surface area contributed by atoms with Gasteiger partial charge in [-0.3, -0.25) is 4.79 Å². The van der Waals surface area contributed by atoms with Gasteiger partial charge in [0.05, 0.1) is 5.54 Å². The van der Waals surface area contributed by atoms with Gasteiger partial charge < -0.3 is 15.6 Å². The van der Waals surface area contributed by atoms with Gasteiger partial charge >= 0.3 is 0 Å². The molecule has 2 aliphatic rings. The summed E-state index contributed by atoms with van der Waals surface area (Å²) < 4.78 is 5.23. The van der Waals surface area contributed by atoms with E-state index in [1.807, 2.05) is 30.3 Å². The lowest BCUT2D eigenvalue weighted by Crippen LogP contribution is -2.44. The number of halogens is 1. The molecule has 6 nitrogen and oxygen atoms in total. The Hall–Kier alpha value is -2.18. The summed E-state index contributed by atoms with van der Waals surface area (Å²) in [5.74, 6) is 1.01. The first-order chi connectivity index (χ1) is 11.6. The van der Waals surface area contributed by atoms with Gasteiger partial charge in [-0.1, -0.05) is 17.3 Å². The third-order valence-corrected chi connectivity index (χ3v) is 4.64. The van der Waals surface area contributed by atoms with Gasteiger partial charge in [0.25, 0.3) is 11.8 Å². The Morgan fingerprint density at radius 1 is 1.24 bits per heavy atom. The molecule has 25 heavy (non-hydrogen) atoms. The minimum absolute atomic E-state index is 0. The third-order valence-electron chi connectivity index (χ3n) is 4.64. The van der Waals surface area contributed by atoms with Gasteiger partial charge in [0, 0.05) is 17.7 Å². The maximum Gasteiger partial charge on any atom is 0.251 e. The van der Waals surface area contributed by atoms with Crippen molar-refractivity contribution in [3.05, 3.63) is 47.1 Å². The van der Waals surface area contributed by atoms with Gasteiger partial charge in [-0.2, -0.15) is 4.98 Å². The Labute approximate surface area is 152 Å². The van der Waals surface area contributed by atoms with Gasteiger partial charge in [-0.15, -0.1) is 12.4 Å². The topological polar surface area (TPSA) is 94.0 Å². The highest BCUT2D eigenvalue weighted by Crippen LogP contribution is 2.36. The SMILES string of the molecule is Cl.NC1(c2noc(/C=C/c3ccc(C(=O)NC4CC4)cc3)n2)CCC1. The Morgan fingerprint density at radius 2 is 1.96 bits per heavy atom. The molecule has 1 aromatic heterocycles. The molecule has 4 rings (SSSR count). The van der Waals surface area contributed by atoms with Crippen LogP contribution in [0.3, 0.4) is 0 Å². The van der Waals surface area contributed by atoms with E-state index < -0.39 is 5.54 Å². The average molecular weight is 361 g/mol. The monoisotopic (exact) mass is 360 g/mol. The van der Waals surface area contributed by atoms with Crippen molar-refractivity contribution in [1.82, 2.24) is 15.5 Å². The summed E-state index contributed by atoms with van der Waals surface area (Å²) in [6.07, 6.45) is 8.73. The molecule has 0 spiro atoms. The smallest absolute Gasteiger partial charge is 0.251 e. The fourth-order valence-corrected chi connectivity index (χ4v) is 2.70. The zero-order valence-electron chi connectivity index (χ0n) is 13.8. The molecule has 132 valence electrons. The van der Waals surface area contributed by atoms with Gasteiger partial charge in [-0.05, 0) is 55.9 Å². The van der Waals surface area contributed by atoms with E-state index in [1.54, 1.807) is 6.08 Å². The minimum atomic E-state index is -0.411. The highest BCUT2D eigenvalue weighted by molar-refractivity contribution is 5.94. The van der Waals surface area contributed by atoms with Gasteiger partial charge in [-0.25, -0.2) is 0 Å². The first kappa shape index (κ1) is 17.6. The summed E-state index contributed by atoms with van der Waals surface area (Å²) in [6.45, 7) is 0. The zero-order valence-corrected chi connectivity index (χ0v) is 14.6. The van der Waals surface area contributed by atoms with Crippen molar-refractivity contribution in [3.63, 3.8) is 0 Å². The van der Waals surface area contributed by atoms with E-state index in [9.17, 15) is 4.79 Å². The van der Waals surface area contributed by atoms with E-state index in [2.05, 4.69) is 15.5 Å². The highest BCUT2D eigenvalue weighted by Gasteiger charge is 2.38. The van der Waals surface area contributed by atoms with Crippen LogP contribution >= 0.6 is 12.4 Å². The Bertz CT molecular complexity index is 777. The molecule has 7 heteroatoms. The second-order valence-electron chi connectivity index (χ2n) is 6.67. The van der Waals surface area contributed by atoms with Crippen molar-refractivity contribution in [2.24, 2.45) is 5.73 Å². The normalized spacial score (nSPS) is 18.4. The molecule has 0 saturated heterocycles. The number of nitrogens with one attached hydrogen (secondary N) is 1. The molecule has 0 radical (unpaired) electrons. The maximum atomic E-state index is 11.9. The van der Waals surface area contributed by atoms with Gasteiger partial charge in [0.15, 0.2) is 5.82 Å². The van der Waals surface area contributed by atoms with E-state index in [1.165, 1.54) is 0 Å². The number of hydrogen-bond donors (Lipinski definition) is 2. The number of carbonyl (C=O) groups is 1. The van der Waals surface area contributed by atoms with E-state index >= 15 is 0 Å². The second kappa shape index (κ2) is 6.98. The molecule has 2 saturated carbocycles. The molecule has 3 N–H and O–H groups in total. The molecule has 0 bridgehead atoms. The molecule has 2 aromatic rings. The van der Waals surface area contributed by atoms with Crippen LogP contribution in [0.15, 0.2) is 28.8 Å². The summed E-state index contributed by atoms with van der Waals surface area (Å²) in [5.41, 5.74) is 7.41. The quantitative estimate of drug-likeness (QED) is 0.855. The van der Waals surface area contributed by atoms with Crippen LogP contribution < -0.4 is 11.1 Å². The van der Waals surface area contributed by atoms with Crippen molar-refractivity contribution in [2.75, 3.05) is 0 Å². The summed E-state index contributed by atoms with van der Waals surface area (Å²) >= 11 is 0. The summed E-state index contributed by atoms with van der Waals surface area (Å²) in [4.78, 5) is 16.3. The van der Waals surface area contributed by atoms with Crippen LogP contribution in [0, 0.1) is 0 Å². The molecule has 0 atom stereocenters. The largest absolute Gasteiger partial charge is 0.349 e. The molecular formula is C18H21ClN4O2. The first-order valence-electron chi connectivity index (χ1n) is 8.34. The van der Waals surface area contributed by atoms with E-state index in [0.717, 1.165) is 37.7 Å². The van der Waals surface area contributed by atoms with Crippen LogP contribution in [0.1, 0.15) is 59.7 Å². The fraction of sp³-hybridized carbons (Fsp3) is 0.389. The molecule has 0 unspecified atom stereocenters. The van der Waals surface area contributed by atoms with Crippen LogP contribution in [0.4, 0.5) is 0 Å². The molecule has 0 aliphatic heterocycles. The van der Waals surface area contributed by atoms with Crippen molar-refractivity contribution in [2.45, 2.75) is 43.7 Å². The summed E-state index contributed by atoms with van der Waals surface area (Å²) in [6, 6.07) is 7.79. The number of nitrogens with zero attached hydrogens (tertiary/aromatic N) is 2. The third kappa shape index (κ3) is 3.91. The Kier molecular flexibility index (Phi) is 4.92. The summed E-state index contributed by atoms with van der Waals surface area (Å²) in [5, 5.41) is 6.95. The van der Waals surface area contributed by atoms with E-state index in [-0.39, 0.29) is 18.3 Å². The zero-order chi connectivity index (χ0) is 16.6. The second-order valence-corrected chi connectivity index (χ2v) is 6.67. The molecule has 2 aliphatic carbocycles. The van der Waals surface area contributed by atoms with Crippen molar-refractivity contribution < 1.29 is 9.32 Å². The number of rotatable bonds is 5. The van der Waals surface area contributed by atoms with Crippen molar-refractivity contribution >= 4 is 30.5 Å². The molecule has 1 aromatic carbocycles. The Morgan fingerprint density at radius 3 is 2.56 bits per heavy atom. The standard InChI is InChI=1S/C18H20N4O2.ClH/c19-18(10-1-11-18)17-21-15(24-22-17)9-4-12-2-5-13(6-3-12)16(23)20-14-7-8-14;/h2-6,9,14H,1,7-8,10-11,19H2,(H,20,23);1H/b9-4+;. The fourth-order valence-electron chi connectivity index (χ4n) is 2.70. The van der Waals surface area contributed by atoms with Crippen LogP contribution in [0.5, 0.6) is 0 Å². The first-order valence-corrected chi connectivity index (χ1v) is 8.34. The lowest BCUT2D eigenvalue weighted by molar-refractivity contribution is 0.0951. The van der Waals surface area contributed by atoms with Crippen LogP contribution in [-0.2, 0) is 5.54 Å². The maximum absolute atomic E-state index is 11.9. The Balaban J connectivity index is 0.00000182. The predicted octanol–water partition coefficient (Wildman–Crippen LogP) is 2.89. The minimum Gasteiger partial charge on any atom is -0.349 e. The van der Waals surface area contributed by atoms with Crippen LogP contribution in [0.2, 0.25) is 0 Å². The van der Waals surface area contributed by atoms with E-state index in [0.29, 0.717) is 23.3 Å². The average Bonchev–Trinajstić information content (AvgIpc) is 3.25. The number of benzene rings is 1. The predicted molar refractivity (Wildman–Crippen MR) is 97.1 cm³/mol. The number of hydrogen-bond acceptors (Lipinski definition) is 5. The lowest BCUT2D eigenvalue weighted by Gasteiger charge is -2.34. The number of amides is 1. The number of nitrogens with two attached hydrogens (primary N) is 1. The summed E-state index contributed by atoms with van der Waals surface area (Å²) in [7, 11) is 0. The molecule has 1 heterocycles. The molecular weight excluding hydrogens is 340 g/mol.